The molecule has 4 nitrogen and oxygen atoms in total. The van der Waals surface area contributed by atoms with Gasteiger partial charge in [-0.2, -0.15) is 0 Å². The Morgan fingerprint density at radius 3 is 2.65 bits per heavy atom. The fourth-order valence-electron chi connectivity index (χ4n) is 1.71. The second kappa shape index (κ2) is 6.81. The summed E-state index contributed by atoms with van der Waals surface area (Å²) in [5.41, 5.74) is 0.891. The van der Waals surface area contributed by atoms with Crippen LogP contribution in [0.2, 0.25) is 0 Å². The summed E-state index contributed by atoms with van der Waals surface area (Å²) in [5, 5.41) is 0. The maximum absolute atomic E-state index is 5.35. The third-order valence-corrected chi connectivity index (χ3v) is 2.64. The average Bonchev–Trinajstić information content (AvgIpc) is 2.27. The zero-order valence-corrected chi connectivity index (χ0v) is 12.3. The summed E-state index contributed by atoms with van der Waals surface area (Å²) < 4.78 is 10.6. The summed E-state index contributed by atoms with van der Waals surface area (Å²) in [7, 11) is 5.32. The van der Waals surface area contributed by atoms with Crippen LogP contribution in [0.25, 0.3) is 0 Å². The first-order valence-corrected chi connectivity index (χ1v) is 6.38. The number of rotatable bonds is 6. The fourth-order valence-corrected chi connectivity index (χ4v) is 2.21. The van der Waals surface area contributed by atoms with Crippen molar-refractivity contribution < 1.29 is 9.47 Å². The zero-order chi connectivity index (χ0) is 12.8. The number of aromatic nitrogens is 1. The van der Waals surface area contributed by atoms with Gasteiger partial charge in [-0.1, -0.05) is 22.9 Å². The van der Waals surface area contributed by atoms with E-state index in [1.54, 1.807) is 26.5 Å². The molecule has 0 saturated carbocycles. The van der Waals surface area contributed by atoms with Gasteiger partial charge in [0.05, 0.1) is 14.2 Å². The van der Waals surface area contributed by atoms with Crippen LogP contribution >= 0.6 is 15.9 Å². The summed E-state index contributed by atoms with van der Waals surface area (Å²) in [6.45, 7) is 3.80. The molecule has 0 aliphatic carbocycles. The minimum atomic E-state index is 0.448. The molecule has 0 amide bonds. The predicted molar refractivity (Wildman–Crippen MR) is 72.1 cm³/mol. The Kier molecular flexibility index (Phi) is 5.71. The molecule has 0 fully saturated rings. The molecule has 0 aliphatic rings. The minimum absolute atomic E-state index is 0.448. The number of hydrogen-bond donors (Lipinski definition) is 0. The number of methoxy groups -OCH3 is 2. The second-order valence-electron chi connectivity index (χ2n) is 3.97. The Hall–Kier alpha value is -0.810. The van der Waals surface area contributed by atoms with E-state index in [-0.39, 0.29) is 0 Å². The van der Waals surface area contributed by atoms with Crippen LogP contribution in [0.15, 0.2) is 12.3 Å². The van der Waals surface area contributed by atoms with E-state index in [0.717, 1.165) is 24.5 Å². The number of ether oxygens (including phenoxy) is 2. The van der Waals surface area contributed by atoms with Crippen LogP contribution in [-0.2, 0) is 6.54 Å². The largest absolute Gasteiger partial charge is 0.493 e. The van der Waals surface area contributed by atoms with Crippen molar-refractivity contribution in [2.75, 3.05) is 27.8 Å². The molecular weight excluding hydrogens is 284 g/mol. The van der Waals surface area contributed by atoms with E-state index < -0.39 is 0 Å². The molecule has 1 aromatic rings. The molecule has 5 heteroatoms. The normalized spacial score (nSPS) is 12.6. The van der Waals surface area contributed by atoms with Crippen LogP contribution in [0, 0.1) is 0 Å². The quantitative estimate of drug-likeness (QED) is 0.755. The molecular formula is C12H19BrN2O2. The summed E-state index contributed by atoms with van der Waals surface area (Å²) >= 11 is 3.53. The molecule has 0 spiro atoms. The van der Waals surface area contributed by atoms with Gasteiger partial charge in [0, 0.05) is 30.2 Å². The van der Waals surface area contributed by atoms with Crippen LogP contribution in [0.4, 0.5) is 0 Å². The number of alkyl halides is 1. The third kappa shape index (κ3) is 4.16. The Labute approximate surface area is 111 Å². The van der Waals surface area contributed by atoms with Crippen LogP contribution in [0.5, 0.6) is 11.5 Å². The molecule has 0 saturated heterocycles. The molecule has 1 heterocycles. The van der Waals surface area contributed by atoms with E-state index >= 15 is 0 Å². The lowest BCUT2D eigenvalue weighted by Crippen LogP contribution is -2.24. The molecule has 0 N–H and O–H groups in total. The highest BCUT2D eigenvalue weighted by Gasteiger charge is 2.13. The van der Waals surface area contributed by atoms with Crippen LogP contribution < -0.4 is 9.47 Å². The van der Waals surface area contributed by atoms with Gasteiger partial charge in [0.25, 0.3) is 0 Å². The van der Waals surface area contributed by atoms with Crippen molar-refractivity contribution in [2.24, 2.45) is 0 Å². The Balaban J connectivity index is 2.83. The van der Waals surface area contributed by atoms with Crippen molar-refractivity contribution in [3.05, 3.63) is 18.0 Å². The summed E-state index contributed by atoms with van der Waals surface area (Å²) in [6.07, 6.45) is 1.74. The summed E-state index contributed by atoms with van der Waals surface area (Å²) in [4.78, 5) is 6.98. The minimum Gasteiger partial charge on any atom is -0.493 e. The fraction of sp³-hybridized carbons (Fsp3) is 0.583. The number of halogens is 1. The number of pyridine rings is 1. The zero-order valence-electron chi connectivity index (χ0n) is 10.7. The summed E-state index contributed by atoms with van der Waals surface area (Å²) in [5.74, 6) is 1.43. The van der Waals surface area contributed by atoms with Crippen molar-refractivity contribution in [1.82, 2.24) is 9.88 Å². The van der Waals surface area contributed by atoms with Gasteiger partial charge in [-0.15, -0.1) is 0 Å². The number of hydrogen-bond acceptors (Lipinski definition) is 4. The second-order valence-corrected chi connectivity index (χ2v) is 5.53. The lowest BCUT2D eigenvalue weighted by Gasteiger charge is -2.19. The van der Waals surface area contributed by atoms with Crippen LogP contribution in [-0.4, -0.2) is 42.5 Å². The van der Waals surface area contributed by atoms with Crippen LogP contribution in [0.1, 0.15) is 12.6 Å². The van der Waals surface area contributed by atoms with E-state index in [1.807, 2.05) is 0 Å². The van der Waals surface area contributed by atoms with Crippen LogP contribution in [0.3, 0.4) is 0 Å². The smallest absolute Gasteiger partial charge is 0.183 e. The SMILES string of the molecule is COc1ccnc(CN(C)CC(C)Br)c1OC. The van der Waals surface area contributed by atoms with Gasteiger partial charge < -0.3 is 9.47 Å². The first-order chi connectivity index (χ1) is 8.08. The van der Waals surface area contributed by atoms with Gasteiger partial charge in [0.15, 0.2) is 11.5 Å². The van der Waals surface area contributed by atoms with E-state index in [0.29, 0.717) is 10.6 Å². The molecule has 17 heavy (non-hydrogen) atoms. The van der Waals surface area contributed by atoms with Crippen molar-refractivity contribution in [1.29, 1.82) is 0 Å². The molecule has 1 rings (SSSR count). The van der Waals surface area contributed by atoms with E-state index in [1.165, 1.54) is 0 Å². The Bertz CT molecular complexity index is 358. The molecule has 0 aliphatic heterocycles. The Morgan fingerprint density at radius 1 is 1.41 bits per heavy atom. The van der Waals surface area contributed by atoms with E-state index in [4.69, 9.17) is 9.47 Å². The lowest BCUT2D eigenvalue weighted by atomic mass is 10.2. The van der Waals surface area contributed by atoms with Crippen molar-refractivity contribution in [2.45, 2.75) is 18.3 Å². The van der Waals surface area contributed by atoms with Gasteiger partial charge in [-0.05, 0) is 7.05 Å². The molecule has 0 bridgehead atoms. The van der Waals surface area contributed by atoms with Gasteiger partial charge in [0.1, 0.15) is 5.69 Å². The maximum Gasteiger partial charge on any atom is 0.183 e. The molecule has 1 unspecified atom stereocenters. The van der Waals surface area contributed by atoms with Gasteiger partial charge in [0.2, 0.25) is 0 Å². The van der Waals surface area contributed by atoms with E-state index in [9.17, 15) is 0 Å². The van der Waals surface area contributed by atoms with Crippen molar-refractivity contribution in [3.8, 4) is 11.5 Å². The number of nitrogens with zero attached hydrogens (tertiary/aromatic N) is 2. The highest BCUT2D eigenvalue weighted by Crippen LogP contribution is 2.29. The molecule has 1 aromatic heterocycles. The van der Waals surface area contributed by atoms with E-state index in [2.05, 4.69) is 39.8 Å². The first-order valence-electron chi connectivity index (χ1n) is 5.47. The average molecular weight is 303 g/mol. The molecule has 0 radical (unpaired) electrons. The van der Waals surface area contributed by atoms with Gasteiger partial charge in [-0.25, -0.2) is 0 Å². The standard InChI is InChI=1S/C12H19BrN2O2/c1-9(13)7-15(2)8-10-12(17-4)11(16-3)5-6-14-10/h5-6,9H,7-8H2,1-4H3. The molecule has 0 aromatic carbocycles. The highest BCUT2D eigenvalue weighted by molar-refractivity contribution is 9.09. The molecule has 96 valence electrons. The van der Waals surface area contributed by atoms with Gasteiger partial charge in [-0.3, -0.25) is 9.88 Å². The third-order valence-electron chi connectivity index (χ3n) is 2.35. The highest BCUT2D eigenvalue weighted by atomic mass is 79.9. The maximum atomic E-state index is 5.35. The Morgan fingerprint density at radius 2 is 2.12 bits per heavy atom. The van der Waals surface area contributed by atoms with Gasteiger partial charge >= 0.3 is 0 Å². The predicted octanol–water partition coefficient (Wildman–Crippen LogP) is 2.31. The molecule has 1 atom stereocenters. The van der Waals surface area contributed by atoms with Crippen molar-refractivity contribution in [3.63, 3.8) is 0 Å². The summed E-state index contributed by atoms with van der Waals surface area (Å²) in [6, 6.07) is 1.80. The monoisotopic (exact) mass is 302 g/mol. The topological polar surface area (TPSA) is 34.6 Å². The lowest BCUT2D eigenvalue weighted by molar-refractivity contribution is 0.308. The van der Waals surface area contributed by atoms with Crippen molar-refractivity contribution >= 4 is 15.9 Å². The first kappa shape index (κ1) is 14.3.